The summed E-state index contributed by atoms with van der Waals surface area (Å²) in [7, 11) is 0. The summed E-state index contributed by atoms with van der Waals surface area (Å²) in [4.78, 5) is 10.9. The summed E-state index contributed by atoms with van der Waals surface area (Å²) < 4.78 is 10.8. The minimum Gasteiger partial charge on any atom is -0.452 e. The van der Waals surface area contributed by atoms with Crippen molar-refractivity contribution in [3.05, 3.63) is 24.3 Å². The van der Waals surface area contributed by atoms with Gasteiger partial charge in [-0.1, -0.05) is 19.9 Å². The highest BCUT2D eigenvalue weighted by Crippen LogP contribution is 2.23. The quantitative estimate of drug-likeness (QED) is 0.468. The van der Waals surface area contributed by atoms with Crippen LogP contribution in [0.15, 0.2) is 24.3 Å². The Morgan fingerprint density at radius 1 is 1.21 bits per heavy atom. The lowest BCUT2D eigenvalue weighted by molar-refractivity contribution is -0.151. The molecule has 76 valence electrons. The van der Waals surface area contributed by atoms with E-state index in [0.717, 1.165) is 0 Å². The van der Waals surface area contributed by atoms with Crippen molar-refractivity contribution < 1.29 is 14.3 Å². The molecule has 0 saturated heterocycles. The first-order chi connectivity index (χ1) is 6.66. The first kappa shape index (κ1) is 9.46. The number of hydrogen-bond acceptors (Lipinski definition) is 3. The SMILES string of the molecule is CC(C)[C@@H]1C=C[C@H]2OC(=O)C=C[C@H]2O1. The molecule has 2 heterocycles. The van der Waals surface area contributed by atoms with E-state index >= 15 is 0 Å². The molecule has 3 heteroatoms. The number of esters is 1. The molecule has 0 spiro atoms. The highest BCUT2D eigenvalue weighted by molar-refractivity contribution is 5.83. The van der Waals surface area contributed by atoms with E-state index in [9.17, 15) is 4.79 Å². The van der Waals surface area contributed by atoms with Crippen LogP contribution in [0.3, 0.4) is 0 Å². The molecule has 0 radical (unpaired) electrons. The molecule has 2 aliphatic rings. The van der Waals surface area contributed by atoms with Crippen LogP contribution < -0.4 is 0 Å². The third-order valence-corrected chi connectivity index (χ3v) is 2.46. The van der Waals surface area contributed by atoms with Gasteiger partial charge in [0.2, 0.25) is 0 Å². The molecule has 0 N–H and O–H groups in total. The molecule has 3 atom stereocenters. The number of hydrogen-bond donors (Lipinski definition) is 0. The molecule has 14 heavy (non-hydrogen) atoms. The summed E-state index contributed by atoms with van der Waals surface area (Å²) in [6.07, 6.45) is 6.87. The van der Waals surface area contributed by atoms with E-state index in [2.05, 4.69) is 13.8 Å². The van der Waals surface area contributed by atoms with E-state index < -0.39 is 0 Å². The van der Waals surface area contributed by atoms with Crippen molar-refractivity contribution in [2.45, 2.75) is 32.2 Å². The normalized spacial score (nSPS) is 35.6. The minimum atomic E-state index is -0.289. The molecule has 2 rings (SSSR count). The van der Waals surface area contributed by atoms with Crippen molar-refractivity contribution >= 4 is 5.97 Å². The van der Waals surface area contributed by atoms with Gasteiger partial charge in [-0.3, -0.25) is 0 Å². The van der Waals surface area contributed by atoms with Crippen molar-refractivity contribution in [2.24, 2.45) is 5.92 Å². The van der Waals surface area contributed by atoms with Gasteiger partial charge >= 0.3 is 5.97 Å². The van der Waals surface area contributed by atoms with Gasteiger partial charge in [-0.25, -0.2) is 4.79 Å². The topological polar surface area (TPSA) is 35.5 Å². The first-order valence-corrected chi connectivity index (χ1v) is 4.89. The average Bonchev–Trinajstić information content (AvgIpc) is 2.16. The number of rotatable bonds is 1. The lowest BCUT2D eigenvalue weighted by Gasteiger charge is -2.33. The van der Waals surface area contributed by atoms with Crippen molar-refractivity contribution in [1.29, 1.82) is 0 Å². The van der Waals surface area contributed by atoms with Crippen LogP contribution in [-0.4, -0.2) is 24.3 Å². The Labute approximate surface area is 83.4 Å². The maximum atomic E-state index is 10.9. The van der Waals surface area contributed by atoms with Crippen LogP contribution in [0, 0.1) is 5.92 Å². The van der Waals surface area contributed by atoms with Gasteiger partial charge in [-0.2, -0.15) is 0 Å². The van der Waals surface area contributed by atoms with Crippen LogP contribution in [0.1, 0.15) is 13.8 Å². The number of fused-ring (bicyclic) bond motifs is 1. The monoisotopic (exact) mass is 194 g/mol. The van der Waals surface area contributed by atoms with E-state index in [4.69, 9.17) is 9.47 Å². The van der Waals surface area contributed by atoms with E-state index in [1.165, 1.54) is 6.08 Å². The zero-order valence-corrected chi connectivity index (χ0v) is 8.34. The summed E-state index contributed by atoms with van der Waals surface area (Å²) >= 11 is 0. The number of ether oxygens (including phenoxy) is 2. The molecular formula is C11H14O3. The molecule has 0 aromatic carbocycles. The average molecular weight is 194 g/mol. The van der Waals surface area contributed by atoms with Crippen LogP contribution in [0.5, 0.6) is 0 Å². The Bertz CT molecular complexity index is 291. The van der Waals surface area contributed by atoms with Crippen molar-refractivity contribution in [2.75, 3.05) is 0 Å². The van der Waals surface area contributed by atoms with Crippen molar-refractivity contribution in [1.82, 2.24) is 0 Å². The molecule has 0 aromatic rings. The molecule has 0 saturated carbocycles. The zero-order valence-electron chi connectivity index (χ0n) is 8.34. The number of carbonyl (C=O) groups is 1. The Kier molecular flexibility index (Phi) is 2.42. The van der Waals surface area contributed by atoms with Gasteiger partial charge in [0.25, 0.3) is 0 Å². The third kappa shape index (κ3) is 1.73. The molecular weight excluding hydrogens is 180 g/mol. The third-order valence-electron chi connectivity index (χ3n) is 2.46. The van der Waals surface area contributed by atoms with E-state index in [-0.39, 0.29) is 24.3 Å². The fraction of sp³-hybridized carbons (Fsp3) is 0.545. The van der Waals surface area contributed by atoms with Crippen LogP contribution >= 0.6 is 0 Å². The molecule has 0 amide bonds. The Hall–Kier alpha value is -1.09. The fourth-order valence-corrected chi connectivity index (χ4v) is 1.62. The molecule has 0 fully saturated rings. The smallest absolute Gasteiger partial charge is 0.331 e. The van der Waals surface area contributed by atoms with Crippen LogP contribution in [0.2, 0.25) is 0 Å². The van der Waals surface area contributed by atoms with Crippen LogP contribution in [0.4, 0.5) is 0 Å². The highest BCUT2D eigenvalue weighted by atomic mass is 16.6. The maximum Gasteiger partial charge on any atom is 0.331 e. The van der Waals surface area contributed by atoms with E-state index in [0.29, 0.717) is 5.92 Å². The lowest BCUT2D eigenvalue weighted by atomic mass is 10.00. The molecule has 0 aromatic heterocycles. The van der Waals surface area contributed by atoms with Gasteiger partial charge in [0.15, 0.2) is 6.10 Å². The van der Waals surface area contributed by atoms with Gasteiger partial charge in [-0.05, 0) is 18.1 Å². The molecule has 0 bridgehead atoms. The van der Waals surface area contributed by atoms with E-state index in [1.54, 1.807) is 6.08 Å². The Morgan fingerprint density at radius 3 is 2.71 bits per heavy atom. The van der Waals surface area contributed by atoms with Crippen LogP contribution in [-0.2, 0) is 14.3 Å². The molecule has 0 aliphatic carbocycles. The summed E-state index contributed by atoms with van der Waals surface area (Å²) in [5.41, 5.74) is 0. The first-order valence-electron chi connectivity index (χ1n) is 4.89. The highest BCUT2D eigenvalue weighted by Gasteiger charge is 2.31. The summed E-state index contributed by atoms with van der Waals surface area (Å²) in [5.74, 6) is 0.153. The zero-order chi connectivity index (χ0) is 10.1. The summed E-state index contributed by atoms with van der Waals surface area (Å²) in [5, 5.41) is 0. The minimum absolute atomic E-state index is 0.106. The molecule has 2 aliphatic heterocycles. The lowest BCUT2D eigenvalue weighted by Crippen LogP contribution is -2.40. The second-order valence-electron chi connectivity index (χ2n) is 3.95. The maximum absolute atomic E-state index is 10.9. The van der Waals surface area contributed by atoms with Gasteiger partial charge in [-0.15, -0.1) is 0 Å². The second kappa shape index (κ2) is 3.58. The standard InChI is InChI=1S/C11H14O3/c1-7(2)8-3-4-10-9(13-8)5-6-11(12)14-10/h3-10H,1-2H3/t8-,9+,10+/m0/s1. The van der Waals surface area contributed by atoms with Crippen molar-refractivity contribution in [3.63, 3.8) is 0 Å². The summed E-state index contributed by atoms with van der Waals surface area (Å²) in [6, 6.07) is 0. The van der Waals surface area contributed by atoms with Crippen molar-refractivity contribution in [3.8, 4) is 0 Å². The van der Waals surface area contributed by atoms with Crippen LogP contribution in [0.25, 0.3) is 0 Å². The largest absolute Gasteiger partial charge is 0.452 e. The van der Waals surface area contributed by atoms with Gasteiger partial charge < -0.3 is 9.47 Å². The fourth-order valence-electron chi connectivity index (χ4n) is 1.62. The predicted molar refractivity (Wildman–Crippen MR) is 51.7 cm³/mol. The van der Waals surface area contributed by atoms with Gasteiger partial charge in [0, 0.05) is 6.08 Å². The van der Waals surface area contributed by atoms with E-state index in [1.807, 2.05) is 12.2 Å². The summed E-state index contributed by atoms with van der Waals surface area (Å²) in [6.45, 7) is 4.21. The molecule has 3 nitrogen and oxygen atoms in total. The van der Waals surface area contributed by atoms with Gasteiger partial charge in [0.05, 0.1) is 6.10 Å². The Balaban J connectivity index is 2.12. The second-order valence-corrected chi connectivity index (χ2v) is 3.95. The predicted octanol–water partition coefficient (Wildman–Crippen LogP) is 1.45. The Morgan fingerprint density at radius 2 is 2.00 bits per heavy atom. The van der Waals surface area contributed by atoms with Gasteiger partial charge in [0.1, 0.15) is 6.10 Å². The number of carbonyl (C=O) groups excluding carboxylic acids is 1. The molecule has 0 unspecified atom stereocenters.